The molecule has 2 aromatic carbocycles. The smallest absolute Gasteiger partial charge is 0.427 e. The third-order valence-electron chi connectivity index (χ3n) is 6.29. The molecule has 1 unspecified atom stereocenters. The Morgan fingerprint density at radius 1 is 1.11 bits per heavy atom. The highest BCUT2D eigenvalue weighted by molar-refractivity contribution is 6.30. The number of fused-ring (bicyclic) bond motifs is 3. The van der Waals surface area contributed by atoms with E-state index in [-0.39, 0.29) is 18.3 Å². The van der Waals surface area contributed by atoms with Gasteiger partial charge < -0.3 is 9.57 Å². The lowest BCUT2D eigenvalue weighted by molar-refractivity contribution is -0.155. The minimum atomic E-state index is -0.773. The number of aromatic nitrogens is 3. The number of hydroxylamine groups is 2. The van der Waals surface area contributed by atoms with E-state index in [4.69, 9.17) is 21.2 Å². The van der Waals surface area contributed by atoms with E-state index in [0.717, 1.165) is 41.9 Å². The Kier molecular flexibility index (Phi) is 6.57. The van der Waals surface area contributed by atoms with Crippen molar-refractivity contribution in [1.29, 1.82) is 0 Å². The lowest BCUT2D eigenvalue weighted by Gasteiger charge is -2.23. The second-order valence-electron chi connectivity index (χ2n) is 10.1. The van der Waals surface area contributed by atoms with Crippen LogP contribution >= 0.6 is 11.6 Å². The maximum Gasteiger partial charge on any atom is 0.528 e. The summed E-state index contributed by atoms with van der Waals surface area (Å²) in [6.45, 7) is 5.94. The van der Waals surface area contributed by atoms with Gasteiger partial charge in [0.2, 0.25) is 0 Å². The molecule has 3 aromatic rings. The van der Waals surface area contributed by atoms with Gasteiger partial charge in [-0.15, -0.1) is 15.3 Å². The Balaban J connectivity index is 1.43. The molecule has 1 aromatic heterocycles. The molecule has 2 aliphatic rings. The van der Waals surface area contributed by atoms with E-state index in [1.54, 1.807) is 20.8 Å². The molecular formula is C27H28ClFN4O3. The summed E-state index contributed by atoms with van der Waals surface area (Å²) >= 11 is 6.32. The minimum Gasteiger partial charge on any atom is -0.427 e. The fourth-order valence-corrected chi connectivity index (χ4v) is 4.89. The average Bonchev–Trinajstić information content (AvgIpc) is 3.15. The molecule has 1 atom stereocenters. The number of rotatable bonds is 3. The number of carbonyl (C=O) groups is 1. The normalized spacial score (nSPS) is 18.0. The van der Waals surface area contributed by atoms with Gasteiger partial charge in [0, 0.05) is 10.9 Å². The highest BCUT2D eigenvalue weighted by atomic mass is 35.5. The minimum absolute atomic E-state index is 0.164. The summed E-state index contributed by atoms with van der Waals surface area (Å²) in [6, 6.07) is 12.3. The van der Waals surface area contributed by atoms with Gasteiger partial charge in [-0.2, -0.15) is 0 Å². The first kappa shape index (κ1) is 24.5. The molecule has 0 spiro atoms. The number of allylic oxidation sites excluding steroid dienone is 2. The first-order valence-electron chi connectivity index (χ1n) is 12.0. The molecule has 36 heavy (non-hydrogen) atoms. The van der Waals surface area contributed by atoms with Crippen LogP contribution in [0.4, 0.5) is 9.18 Å². The Bertz CT molecular complexity index is 1310. The third-order valence-corrected chi connectivity index (χ3v) is 6.52. The van der Waals surface area contributed by atoms with Crippen molar-refractivity contribution in [1.82, 2.24) is 19.8 Å². The van der Waals surface area contributed by atoms with Crippen LogP contribution in [0.2, 0.25) is 5.02 Å². The van der Waals surface area contributed by atoms with Gasteiger partial charge in [0.15, 0.2) is 5.82 Å². The van der Waals surface area contributed by atoms with E-state index in [1.165, 1.54) is 22.8 Å². The summed E-state index contributed by atoms with van der Waals surface area (Å²) in [5.41, 5.74) is 3.40. The molecule has 7 nitrogen and oxygen atoms in total. The van der Waals surface area contributed by atoms with Crippen molar-refractivity contribution in [2.75, 3.05) is 0 Å². The van der Waals surface area contributed by atoms with Crippen molar-refractivity contribution < 1.29 is 18.8 Å². The van der Waals surface area contributed by atoms with Crippen molar-refractivity contribution in [3.63, 3.8) is 0 Å². The van der Waals surface area contributed by atoms with Crippen LogP contribution in [-0.2, 0) is 22.7 Å². The van der Waals surface area contributed by atoms with Gasteiger partial charge in [-0.25, -0.2) is 9.18 Å². The fourth-order valence-electron chi connectivity index (χ4n) is 4.70. The first-order valence-corrected chi connectivity index (χ1v) is 12.4. The van der Waals surface area contributed by atoms with Crippen molar-refractivity contribution in [2.45, 2.75) is 64.6 Å². The average molecular weight is 511 g/mol. The number of nitrogens with zero attached hydrogens (tertiary/aromatic N) is 4. The Morgan fingerprint density at radius 2 is 1.89 bits per heavy atom. The molecule has 188 valence electrons. The fraction of sp³-hybridized carbons (Fsp3) is 0.370. The molecule has 0 fully saturated rings. The standard InChI is InChI=1S/C27H28ClFN4O3/c1-27(2,3)35-26(34)36-32-15-20-14-21(28)10-13-23(20)33-24(16-32)30-31-25(33)19-6-4-17(5-7-19)18-8-11-22(29)12-9-18/h4,8-14,19H,5-7,15-16H2,1-3H3. The van der Waals surface area contributed by atoms with Crippen LogP contribution in [0.1, 0.15) is 68.7 Å². The van der Waals surface area contributed by atoms with Crippen molar-refractivity contribution >= 4 is 23.3 Å². The number of carbonyl (C=O) groups excluding carboxylic acids is 1. The quantitative estimate of drug-likeness (QED) is 0.370. The summed E-state index contributed by atoms with van der Waals surface area (Å²) in [5, 5.41) is 11.2. The van der Waals surface area contributed by atoms with Gasteiger partial charge in [-0.05, 0) is 87.1 Å². The van der Waals surface area contributed by atoms with Crippen LogP contribution in [0.25, 0.3) is 11.3 Å². The second-order valence-corrected chi connectivity index (χ2v) is 10.6. The van der Waals surface area contributed by atoms with Crippen LogP contribution < -0.4 is 0 Å². The zero-order valence-corrected chi connectivity index (χ0v) is 21.3. The maximum atomic E-state index is 13.3. The molecule has 0 amide bonds. The first-order chi connectivity index (χ1) is 17.2. The molecule has 0 radical (unpaired) electrons. The topological polar surface area (TPSA) is 69.5 Å². The van der Waals surface area contributed by atoms with E-state index in [2.05, 4.69) is 20.8 Å². The summed E-state index contributed by atoms with van der Waals surface area (Å²) in [5.74, 6) is 1.46. The van der Waals surface area contributed by atoms with E-state index >= 15 is 0 Å². The van der Waals surface area contributed by atoms with E-state index in [0.29, 0.717) is 17.4 Å². The molecule has 5 rings (SSSR count). The molecule has 0 bridgehead atoms. The SMILES string of the molecule is CC(C)(C)OC(=O)ON1Cc2cc(Cl)ccc2-n2c(nnc2C2CC=C(c3ccc(F)cc3)CC2)C1. The van der Waals surface area contributed by atoms with Crippen molar-refractivity contribution in [2.24, 2.45) is 0 Å². The molecule has 0 N–H and O–H groups in total. The molecule has 0 saturated carbocycles. The second kappa shape index (κ2) is 9.67. The molecular weight excluding hydrogens is 483 g/mol. The van der Waals surface area contributed by atoms with Gasteiger partial charge in [-0.1, -0.05) is 29.8 Å². The van der Waals surface area contributed by atoms with Gasteiger partial charge in [0.05, 0.1) is 18.8 Å². The predicted octanol–water partition coefficient (Wildman–Crippen LogP) is 6.59. The predicted molar refractivity (Wildman–Crippen MR) is 134 cm³/mol. The lowest BCUT2D eigenvalue weighted by Crippen LogP contribution is -2.31. The summed E-state index contributed by atoms with van der Waals surface area (Å²) in [6.07, 6.45) is 3.99. The largest absolute Gasteiger partial charge is 0.528 e. The maximum absolute atomic E-state index is 13.3. The summed E-state index contributed by atoms with van der Waals surface area (Å²) in [7, 11) is 0. The van der Waals surface area contributed by atoms with Crippen LogP contribution in [0.3, 0.4) is 0 Å². The Hall–Kier alpha value is -3.23. The monoisotopic (exact) mass is 510 g/mol. The van der Waals surface area contributed by atoms with Gasteiger partial charge in [0.25, 0.3) is 0 Å². The van der Waals surface area contributed by atoms with E-state index in [1.807, 2.05) is 30.3 Å². The van der Waals surface area contributed by atoms with Gasteiger partial charge >= 0.3 is 6.16 Å². The van der Waals surface area contributed by atoms with E-state index < -0.39 is 11.8 Å². The molecule has 9 heteroatoms. The lowest BCUT2D eigenvalue weighted by atomic mass is 9.86. The van der Waals surface area contributed by atoms with Gasteiger partial charge in [-0.3, -0.25) is 4.57 Å². The Morgan fingerprint density at radius 3 is 2.58 bits per heavy atom. The number of hydrogen-bond donors (Lipinski definition) is 0. The van der Waals surface area contributed by atoms with E-state index in [9.17, 15) is 9.18 Å². The van der Waals surface area contributed by atoms with Crippen molar-refractivity contribution in [3.05, 3.63) is 82.2 Å². The number of ether oxygens (including phenoxy) is 1. The van der Waals surface area contributed by atoms with Gasteiger partial charge in [0.1, 0.15) is 17.2 Å². The number of halogens is 2. The summed E-state index contributed by atoms with van der Waals surface area (Å²) in [4.78, 5) is 17.9. The number of hydrogen-bond acceptors (Lipinski definition) is 6. The number of benzene rings is 2. The van der Waals surface area contributed by atoms with Crippen LogP contribution in [-0.4, -0.2) is 31.6 Å². The van der Waals surface area contributed by atoms with Crippen molar-refractivity contribution in [3.8, 4) is 5.69 Å². The third kappa shape index (κ3) is 5.29. The highest BCUT2D eigenvalue weighted by Crippen LogP contribution is 2.38. The molecule has 0 saturated heterocycles. The summed E-state index contributed by atoms with van der Waals surface area (Å²) < 4.78 is 20.7. The Labute approximate surface area is 214 Å². The molecule has 1 aliphatic heterocycles. The van der Waals surface area contributed by atoms with Crippen LogP contribution in [0.15, 0.2) is 48.5 Å². The highest BCUT2D eigenvalue weighted by Gasteiger charge is 2.31. The zero-order valence-electron chi connectivity index (χ0n) is 20.5. The zero-order chi connectivity index (χ0) is 25.4. The molecule has 1 aliphatic carbocycles. The van der Waals surface area contributed by atoms with Crippen LogP contribution in [0, 0.1) is 5.82 Å². The molecule has 2 heterocycles. The van der Waals surface area contributed by atoms with Crippen LogP contribution in [0.5, 0.6) is 0 Å².